The van der Waals surface area contributed by atoms with Crippen molar-refractivity contribution >= 4 is 27.7 Å². The molecule has 0 atom stereocenters. The molecular formula is C23H20ClNO4S. The summed E-state index contributed by atoms with van der Waals surface area (Å²) in [5, 5.41) is 0.407. The van der Waals surface area contributed by atoms with Crippen molar-refractivity contribution in [1.82, 2.24) is 4.31 Å². The minimum atomic E-state index is -4.15. The maximum atomic E-state index is 13.2. The van der Waals surface area contributed by atoms with E-state index < -0.39 is 16.1 Å². The van der Waals surface area contributed by atoms with Crippen LogP contribution in [-0.2, 0) is 29.4 Å². The molecule has 0 fully saturated rings. The van der Waals surface area contributed by atoms with Crippen LogP contribution in [0.1, 0.15) is 23.1 Å². The van der Waals surface area contributed by atoms with Crippen LogP contribution >= 0.6 is 11.6 Å². The van der Waals surface area contributed by atoms with Gasteiger partial charge >= 0.3 is 6.09 Å². The minimum absolute atomic E-state index is 0.0336. The number of benzene rings is 3. The van der Waals surface area contributed by atoms with Crippen LogP contribution in [0.2, 0.25) is 5.02 Å². The largest absolute Gasteiger partial charge is 0.429 e. The first-order valence-corrected chi connectivity index (χ1v) is 11.4. The number of rotatable bonds is 5. The van der Waals surface area contributed by atoms with Crippen LogP contribution in [0.5, 0.6) is 5.75 Å². The van der Waals surface area contributed by atoms with Gasteiger partial charge in [-0.2, -0.15) is 4.31 Å². The minimum Gasteiger partial charge on any atom is -0.409 e. The van der Waals surface area contributed by atoms with E-state index >= 15 is 0 Å². The second kappa shape index (κ2) is 8.50. The van der Waals surface area contributed by atoms with Crippen LogP contribution in [0.15, 0.2) is 77.7 Å². The first-order chi connectivity index (χ1) is 14.4. The van der Waals surface area contributed by atoms with Gasteiger partial charge in [0.1, 0.15) is 5.75 Å². The molecule has 0 unspecified atom stereocenters. The van der Waals surface area contributed by atoms with Crippen molar-refractivity contribution in [3.05, 3.63) is 94.5 Å². The summed E-state index contributed by atoms with van der Waals surface area (Å²) in [6, 6.07) is 20.1. The van der Waals surface area contributed by atoms with E-state index in [1.807, 2.05) is 18.2 Å². The average Bonchev–Trinajstić information content (AvgIpc) is 3.21. The Morgan fingerprint density at radius 3 is 2.37 bits per heavy atom. The van der Waals surface area contributed by atoms with Crippen LogP contribution in [0.3, 0.4) is 0 Å². The number of aryl methyl sites for hydroxylation is 2. The Labute approximate surface area is 180 Å². The van der Waals surface area contributed by atoms with E-state index in [2.05, 4.69) is 0 Å². The van der Waals surface area contributed by atoms with Gasteiger partial charge in [-0.3, -0.25) is 0 Å². The van der Waals surface area contributed by atoms with Gasteiger partial charge in [0.2, 0.25) is 0 Å². The number of ether oxygens (including phenoxy) is 1. The van der Waals surface area contributed by atoms with Gasteiger partial charge in [-0.05, 0) is 72.4 Å². The Morgan fingerprint density at radius 1 is 0.933 bits per heavy atom. The Kier molecular flexibility index (Phi) is 5.79. The predicted octanol–water partition coefficient (Wildman–Crippen LogP) is 5.22. The standard InChI is InChI=1S/C23H20ClNO4S/c24-20-10-13-22(14-11-20)30(27,28)25(16-17-5-2-1-3-6-17)23(26)29-21-12-9-18-7-4-8-19(18)15-21/h1-3,5-6,9-15H,4,7-8,16H2. The third-order valence-corrected chi connectivity index (χ3v) is 7.03. The summed E-state index contributed by atoms with van der Waals surface area (Å²) >= 11 is 5.89. The number of sulfonamides is 1. The Hall–Kier alpha value is -2.83. The molecule has 0 saturated carbocycles. The topological polar surface area (TPSA) is 63.7 Å². The molecule has 0 aromatic heterocycles. The molecule has 3 aromatic rings. The summed E-state index contributed by atoms with van der Waals surface area (Å²) in [4.78, 5) is 13.0. The van der Waals surface area contributed by atoms with E-state index in [9.17, 15) is 13.2 Å². The predicted molar refractivity (Wildman–Crippen MR) is 115 cm³/mol. The number of nitrogens with zero attached hydrogens (tertiary/aromatic N) is 1. The van der Waals surface area contributed by atoms with Crippen molar-refractivity contribution in [2.45, 2.75) is 30.7 Å². The first-order valence-electron chi connectivity index (χ1n) is 9.59. The normalized spacial score (nSPS) is 13.0. The molecule has 0 N–H and O–H groups in total. The van der Waals surface area contributed by atoms with Gasteiger partial charge in [0, 0.05) is 5.02 Å². The van der Waals surface area contributed by atoms with E-state index in [0.717, 1.165) is 29.1 Å². The molecule has 0 bridgehead atoms. The molecule has 1 amide bonds. The van der Waals surface area contributed by atoms with Gasteiger partial charge in [-0.1, -0.05) is 48.0 Å². The zero-order chi connectivity index (χ0) is 21.1. The molecule has 3 aromatic carbocycles. The molecule has 0 saturated heterocycles. The second-order valence-electron chi connectivity index (χ2n) is 7.10. The molecule has 0 heterocycles. The van der Waals surface area contributed by atoms with E-state index in [0.29, 0.717) is 16.3 Å². The summed E-state index contributed by atoms with van der Waals surface area (Å²) in [7, 11) is -4.15. The average molecular weight is 442 g/mol. The molecule has 7 heteroatoms. The van der Waals surface area contributed by atoms with Crippen molar-refractivity contribution in [2.24, 2.45) is 0 Å². The lowest BCUT2D eigenvalue weighted by Gasteiger charge is -2.22. The number of hydrogen-bond donors (Lipinski definition) is 0. The van der Waals surface area contributed by atoms with Crippen LogP contribution < -0.4 is 4.74 Å². The third-order valence-electron chi connectivity index (χ3n) is 5.05. The van der Waals surface area contributed by atoms with Gasteiger partial charge in [-0.15, -0.1) is 0 Å². The van der Waals surface area contributed by atoms with Crippen molar-refractivity contribution in [3.8, 4) is 5.75 Å². The summed E-state index contributed by atoms with van der Waals surface area (Å²) in [6.07, 6.45) is 2.05. The maximum absolute atomic E-state index is 13.2. The number of halogens is 1. The van der Waals surface area contributed by atoms with Crippen molar-refractivity contribution in [3.63, 3.8) is 0 Å². The highest BCUT2D eigenvalue weighted by molar-refractivity contribution is 7.89. The van der Waals surface area contributed by atoms with Gasteiger partial charge in [0.15, 0.2) is 0 Å². The molecule has 1 aliphatic rings. The molecule has 154 valence electrons. The zero-order valence-electron chi connectivity index (χ0n) is 16.1. The number of carbonyl (C=O) groups is 1. The molecule has 4 rings (SSSR count). The molecule has 1 aliphatic carbocycles. The summed E-state index contributed by atoms with van der Waals surface area (Å²) < 4.78 is 32.7. The molecule has 0 spiro atoms. The fourth-order valence-electron chi connectivity index (χ4n) is 3.49. The fraction of sp³-hybridized carbons (Fsp3) is 0.174. The number of fused-ring (bicyclic) bond motifs is 1. The highest BCUT2D eigenvalue weighted by Gasteiger charge is 2.31. The van der Waals surface area contributed by atoms with Crippen LogP contribution in [0.25, 0.3) is 0 Å². The van der Waals surface area contributed by atoms with Crippen LogP contribution in [-0.4, -0.2) is 18.8 Å². The zero-order valence-corrected chi connectivity index (χ0v) is 17.7. The third kappa shape index (κ3) is 4.35. The van der Waals surface area contributed by atoms with Gasteiger partial charge in [0.05, 0.1) is 11.4 Å². The monoisotopic (exact) mass is 441 g/mol. The van der Waals surface area contributed by atoms with E-state index in [4.69, 9.17) is 16.3 Å². The van der Waals surface area contributed by atoms with Gasteiger partial charge < -0.3 is 4.74 Å². The highest BCUT2D eigenvalue weighted by Crippen LogP contribution is 2.27. The van der Waals surface area contributed by atoms with Crippen LogP contribution in [0.4, 0.5) is 4.79 Å². The Morgan fingerprint density at radius 2 is 1.63 bits per heavy atom. The molecule has 30 heavy (non-hydrogen) atoms. The first kappa shape index (κ1) is 20.4. The van der Waals surface area contributed by atoms with E-state index in [1.54, 1.807) is 30.3 Å². The fourth-order valence-corrected chi connectivity index (χ4v) is 4.91. The number of hydrogen-bond acceptors (Lipinski definition) is 4. The van der Waals surface area contributed by atoms with Gasteiger partial charge in [-0.25, -0.2) is 13.2 Å². The number of carbonyl (C=O) groups excluding carboxylic acids is 1. The molecule has 5 nitrogen and oxygen atoms in total. The summed E-state index contributed by atoms with van der Waals surface area (Å²) in [5.41, 5.74) is 3.04. The highest BCUT2D eigenvalue weighted by atomic mass is 35.5. The second-order valence-corrected chi connectivity index (χ2v) is 9.40. The van der Waals surface area contributed by atoms with Crippen molar-refractivity contribution < 1.29 is 17.9 Å². The van der Waals surface area contributed by atoms with E-state index in [-0.39, 0.29) is 11.4 Å². The summed E-state index contributed by atoms with van der Waals surface area (Å²) in [6.45, 7) is -0.143. The SMILES string of the molecule is O=C(Oc1ccc2c(c1)CCC2)N(Cc1ccccc1)S(=O)(=O)c1ccc(Cl)cc1. The van der Waals surface area contributed by atoms with Crippen molar-refractivity contribution in [1.29, 1.82) is 0 Å². The molecular weight excluding hydrogens is 422 g/mol. The smallest absolute Gasteiger partial charge is 0.409 e. The number of amides is 1. The molecule has 0 aliphatic heterocycles. The lowest BCUT2D eigenvalue weighted by molar-refractivity contribution is 0.177. The van der Waals surface area contributed by atoms with Crippen molar-refractivity contribution in [2.75, 3.05) is 0 Å². The Bertz CT molecular complexity index is 1160. The van der Waals surface area contributed by atoms with E-state index in [1.165, 1.54) is 29.8 Å². The molecule has 0 radical (unpaired) electrons. The maximum Gasteiger partial charge on any atom is 0.429 e. The summed E-state index contributed by atoms with van der Waals surface area (Å²) in [5.74, 6) is 0.338. The Balaban J connectivity index is 1.65. The lowest BCUT2D eigenvalue weighted by atomic mass is 10.1. The van der Waals surface area contributed by atoms with Crippen LogP contribution in [0, 0.1) is 0 Å². The van der Waals surface area contributed by atoms with Gasteiger partial charge in [0.25, 0.3) is 10.0 Å². The lowest BCUT2D eigenvalue weighted by Crippen LogP contribution is -2.38. The quantitative estimate of drug-likeness (QED) is 0.544.